The molecule has 2 nitrogen and oxygen atoms in total. The summed E-state index contributed by atoms with van der Waals surface area (Å²) in [5.41, 5.74) is -0.190. The fourth-order valence-corrected chi connectivity index (χ4v) is 1.69. The van der Waals surface area contributed by atoms with Crippen molar-refractivity contribution in [3.05, 3.63) is 35.1 Å². The summed E-state index contributed by atoms with van der Waals surface area (Å²) in [6.07, 6.45) is 1.88. The molecule has 0 N–H and O–H groups in total. The molecule has 0 heterocycles. The first-order chi connectivity index (χ1) is 7.97. The standard InChI is InChI=1S/C11H12F3NOS/c1-15(3-4-17-2)11(16)7-5-8(12)10(14)9(13)6-7/h5-6H,3-4H2,1-2H3. The molecule has 0 fully saturated rings. The number of carbonyl (C=O) groups is 1. The molecular formula is C11H12F3NOS. The maximum absolute atomic E-state index is 12.9. The molecule has 94 valence electrons. The highest BCUT2D eigenvalue weighted by Gasteiger charge is 2.17. The van der Waals surface area contributed by atoms with E-state index in [-0.39, 0.29) is 5.56 Å². The first kappa shape index (κ1) is 13.9. The summed E-state index contributed by atoms with van der Waals surface area (Å²) < 4.78 is 38.6. The Morgan fingerprint density at radius 3 is 2.29 bits per heavy atom. The molecule has 1 aromatic rings. The fourth-order valence-electron chi connectivity index (χ4n) is 1.23. The number of nitrogens with zero attached hydrogens (tertiary/aromatic N) is 1. The van der Waals surface area contributed by atoms with Crippen LogP contribution < -0.4 is 0 Å². The predicted molar refractivity (Wildman–Crippen MR) is 61.7 cm³/mol. The van der Waals surface area contributed by atoms with Gasteiger partial charge in [-0.3, -0.25) is 4.79 Å². The number of thioether (sulfide) groups is 1. The van der Waals surface area contributed by atoms with Crippen LogP contribution in [0.25, 0.3) is 0 Å². The third-order valence-electron chi connectivity index (χ3n) is 2.21. The molecule has 1 rings (SSSR count). The van der Waals surface area contributed by atoms with E-state index in [0.717, 1.165) is 0 Å². The van der Waals surface area contributed by atoms with E-state index < -0.39 is 23.4 Å². The van der Waals surface area contributed by atoms with Crippen molar-refractivity contribution >= 4 is 17.7 Å². The molecule has 6 heteroatoms. The summed E-state index contributed by atoms with van der Waals surface area (Å²) in [7, 11) is 1.53. The third-order valence-corrected chi connectivity index (χ3v) is 2.80. The Bertz CT molecular complexity index is 402. The number of amides is 1. The summed E-state index contributed by atoms with van der Waals surface area (Å²) in [6.45, 7) is 0.459. The van der Waals surface area contributed by atoms with E-state index in [4.69, 9.17) is 0 Å². The first-order valence-corrected chi connectivity index (χ1v) is 6.25. The van der Waals surface area contributed by atoms with Gasteiger partial charge in [-0.1, -0.05) is 0 Å². The Hall–Kier alpha value is -1.17. The van der Waals surface area contributed by atoms with Gasteiger partial charge in [0.25, 0.3) is 5.91 Å². The summed E-state index contributed by atoms with van der Waals surface area (Å²) in [5, 5.41) is 0. The molecule has 1 amide bonds. The van der Waals surface area contributed by atoms with Crippen LogP contribution in [-0.2, 0) is 0 Å². The van der Waals surface area contributed by atoms with Gasteiger partial charge in [0.1, 0.15) is 0 Å². The lowest BCUT2D eigenvalue weighted by molar-refractivity contribution is 0.0802. The summed E-state index contributed by atoms with van der Waals surface area (Å²) in [4.78, 5) is 13.1. The Morgan fingerprint density at radius 1 is 1.29 bits per heavy atom. The van der Waals surface area contributed by atoms with Gasteiger partial charge < -0.3 is 4.90 Å². The third kappa shape index (κ3) is 3.39. The average molecular weight is 263 g/mol. The van der Waals surface area contributed by atoms with Crippen molar-refractivity contribution in [1.82, 2.24) is 4.90 Å². The lowest BCUT2D eigenvalue weighted by Crippen LogP contribution is -2.29. The molecule has 0 saturated carbocycles. The van der Waals surface area contributed by atoms with Crippen molar-refractivity contribution in [3.63, 3.8) is 0 Å². The zero-order valence-corrected chi connectivity index (χ0v) is 10.3. The zero-order valence-electron chi connectivity index (χ0n) is 9.47. The van der Waals surface area contributed by atoms with Crippen molar-refractivity contribution in [3.8, 4) is 0 Å². The van der Waals surface area contributed by atoms with Crippen LogP contribution in [0.2, 0.25) is 0 Å². The SMILES string of the molecule is CSCCN(C)C(=O)c1cc(F)c(F)c(F)c1. The average Bonchev–Trinajstić information content (AvgIpc) is 2.31. The molecule has 0 spiro atoms. The molecular weight excluding hydrogens is 251 g/mol. The quantitative estimate of drug-likeness (QED) is 0.778. The topological polar surface area (TPSA) is 20.3 Å². The van der Waals surface area contributed by atoms with E-state index >= 15 is 0 Å². The van der Waals surface area contributed by atoms with E-state index in [9.17, 15) is 18.0 Å². The maximum atomic E-state index is 12.9. The number of hydrogen-bond donors (Lipinski definition) is 0. The Balaban J connectivity index is 2.89. The van der Waals surface area contributed by atoms with Gasteiger partial charge in [0.05, 0.1) is 0 Å². The summed E-state index contributed by atoms with van der Waals surface area (Å²) in [5.74, 6) is -4.09. The van der Waals surface area contributed by atoms with Crippen LogP contribution in [0.3, 0.4) is 0 Å². The van der Waals surface area contributed by atoms with Gasteiger partial charge in [0.15, 0.2) is 17.5 Å². The molecule has 0 radical (unpaired) electrons. The minimum atomic E-state index is -1.56. The van der Waals surface area contributed by atoms with Gasteiger partial charge in [-0.05, 0) is 18.4 Å². The predicted octanol–water partition coefficient (Wildman–Crippen LogP) is 2.54. The number of benzene rings is 1. The van der Waals surface area contributed by atoms with E-state index in [0.29, 0.717) is 24.4 Å². The number of halogens is 3. The van der Waals surface area contributed by atoms with Crippen LogP contribution >= 0.6 is 11.8 Å². The van der Waals surface area contributed by atoms with Gasteiger partial charge in [0, 0.05) is 24.9 Å². The minimum Gasteiger partial charge on any atom is -0.341 e. The molecule has 0 aliphatic carbocycles. The molecule has 0 aliphatic heterocycles. The fraction of sp³-hybridized carbons (Fsp3) is 0.364. The molecule has 0 bridgehead atoms. The number of carbonyl (C=O) groups excluding carboxylic acids is 1. The van der Waals surface area contributed by atoms with Crippen molar-refractivity contribution in [2.75, 3.05) is 25.6 Å². The van der Waals surface area contributed by atoms with Crippen LogP contribution in [-0.4, -0.2) is 36.4 Å². The lowest BCUT2D eigenvalue weighted by Gasteiger charge is -2.16. The number of hydrogen-bond acceptors (Lipinski definition) is 2. The molecule has 0 unspecified atom stereocenters. The van der Waals surface area contributed by atoms with Crippen molar-refractivity contribution < 1.29 is 18.0 Å². The molecule has 0 aliphatic rings. The summed E-state index contributed by atoms with van der Waals surface area (Å²) >= 11 is 1.55. The second-order valence-electron chi connectivity index (χ2n) is 3.47. The smallest absolute Gasteiger partial charge is 0.253 e. The van der Waals surface area contributed by atoms with Gasteiger partial charge >= 0.3 is 0 Å². The lowest BCUT2D eigenvalue weighted by atomic mass is 10.2. The number of rotatable bonds is 4. The van der Waals surface area contributed by atoms with Crippen LogP contribution in [0.1, 0.15) is 10.4 Å². The monoisotopic (exact) mass is 263 g/mol. The maximum Gasteiger partial charge on any atom is 0.253 e. The van der Waals surface area contributed by atoms with Gasteiger partial charge in [0.2, 0.25) is 0 Å². The molecule has 0 aromatic heterocycles. The van der Waals surface area contributed by atoms with E-state index in [1.807, 2.05) is 6.26 Å². The van der Waals surface area contributed by atoms with E-state index in [1.54, 1.807) is 11.8 Å². The largest absolute Gasteiger partial charge is 0.341 e. The minimum absolute atomic E-state index is 0.190. The van der Waals surface area contributed by atoms with Crippen LogP contribution in [0.4, 0.5) is 13.2 Å². The van der Waals surface area contributed by atoms with Gasteiger partial charge in [-0.2, -0.15) is 11.8 Å². The van der Waals surface area contributed by atoms with Crippen LogP contribution in [0, 0.1) is 17.5 Å². The first-order valence-electron chi connectivity index (χ1n) is 4.86. The Labute approximate surface area is 102 Å². The van der Waals surface area contributed by atoms with Gasteiger partial charge in [-0.25, -0.2) is 13.2 Å². The Kier molecular flexibility index (Phi) is 4.86. The van der Waals surface area contributed by atoms with Crippen LogP contribution in [0.5, 0.6) is 0 Å². The van der Waals surface area contributed by atoms with Crippen molar-refractivity contribution in [2.45, 2.75) is 0 Å². The highest BCUT2D eigenvalue weighted by atomic mass is 32.2. The second-order valence-corrected chi connectivity index (χ2v) is 4.46. The molecule has 1 aromatic carbocycles. The normalized spacial score (nSPS) is 10.4. The second kappa shape index (κ2) is 5.95. The summed E-state index contributed by atoms with van der Waals surface area (Å²) in [6, 6.07) is 1.41. The highest BCUT2D eigenvalue weighted by Crippen LogP contribution is 2.15. The highest BCUT2D eigenvalue weighted by molar-refractivity contribution is 7.98. The van der Waals surface area contributed by atoms with E-state index in [1.165, 1.54) is 11.9 Å². The van der Waals surface area contributed by atoms with Crippen molar-refractivity contribution in [1.29, 1.82) is 0 Å². The molecule has 17 heavy (non-hydrogen) atoms. The van der Waals surface area contributed by atoms with E-state index in [2.05, 4.69) is 0 Å². The molecule has 0 saturated heterocycles. The zero-order chi connectivity index (χ0) is 13.0. The van der Waals surface area contributed by atoms with Crippen molar-refractivity contribution in [2.24, 2.45) is 0 Å². The molecule has 0 atom stereocenters. The Morgan fingerprint density at radius 2 is 1.82 bits per heavy atom. The van der Waals surface area contributed by atoms with Crippen LogP contribution in [0.15, 0.2) is 12.1 Å². The van der Waals surface area contributed by atoms with Gasteiger partial charge in [-0.15, -0.1) is 0 Å².